The first-order chi connectivity index (χ1) is 18.1. The largest absolute Gasteiger partial charge is 0.545 e. The van der Waals surface area contributed by atoms with Crippen LogP contribution in [-0.4, -0.2) is 50.5 Å². The summed E-state index contributed by atoms with van der Waals surface area (Å²) < 4.78 is 47.8. The van der Waals surface area contributed by atoms with Crippen LogP contribution in [0.2, 0.25) is 13.1 Å². The molecule has 38 heavy (non-hydrogen) atoms. The van der Waals surface area contributed by atoms with Gasteiger partial charge in [0.15, 0.2) is 23.2 Å². The molecular weight excluding hydrogens is 507 g/mol. The molecule has 3 heterocycles. The molecule has 2 aromatic rings. The van der Waals surface area contributed by atoms with Crippen LogP contribution in [-0.2, 0) is 0 Å². The minimum Gasteiger partial charge on any atom is -0.545 e. The van der Waals surface area contributed by atoms with Crippen molar-refractivity contribution in [3.8, 4) is 6.07 Å². The maximum absolute atomic E-state index is 15.9. The standard InChI is InChI=1S/C29H24F3N3O2Si/c1-38(2)21-13-16(34-9-3-10-34)5-7-18(21)23(19-8-6-17(14-22(19)38)35-11-4-12-35)24-25(29(36)37)28(32)27(31)20(15-33)26(24)30/h5-8,13-14H,3-4,9-12H2,1-2H3. The highest BCUT2D eigenvalue weighted by Gasteiger charge is 2.43. The van der Waals surface area contributed by atoms with E-state index in [0.717, 1.165) is 60.8 Å². The Morgan fingerprint density at radius 2 is 1.82 bits per heavy atom. The summed E-state index contributed by atoms with van der Waals surface area (Å²) in [7, 11) is -2.44. The van der Waals surface area contributed by atoms with E-state index >= 15 is 8.78 Å². The van der Waals surface area contributed by atoms with Crippen molar-refractivity contribution in [2.75, 3.05) is 31.1 Å². The molecular formula is C29H24F3N3O2Si. The molecule has 0 radical (unpaired) electrons. The number of carboxylic acids is 1. The number of carboxylic acid groups (broad SMARTS) is 1. The third-order valence-electron chi connectivity index (χ3n) is 8.22. The molecule has 2 fully saturated rings. The molecule has 9 heteroatoms. The van der Waals surface area contributed by atoms with Crippen LogP contribution in [0.25, 0.3) is 5.57 Å². The fourth-order valence-corrected chi connectivity index (χ4v) is 8.89. The summed E-state index contributed by atoms with van der Waals surface area (Å²) in [5, 5.41) is 23.5. The lowest BCUT2D eigenvalue weighted by Gasteiger charge is -2.40. The molecule has 6 rings (SSSR count). The number of halogens is 3. The van der Waals surface area contributed by atoms with Gasteiger partial charge < -0.3 is 14.8 Å². The summed E-state index contributed by atoms with van der Waals surface area (Å²) >= 11 is 0. The van der Waals surface area contributed by atoms with E-state index in [1.54, 1.807) is 0 Å². The predicted molar refractivity (Wildman–Crippen MR) is 139 cm³/mol. The molecule has 0 unspecified atom stereocenters. The Labute approximate surface area is 219 Å². The molecule has 4 aliphatic rings. The van der Waals surface area contributed by atoms with Crippen LogP contribution in [0, 0.1) is 28.8 Å². The highest BCUT2D eigenvalue weighted by molar-refractivity contribution is 6.98. The lowest BCUT2D eigenvalue weighted by atomic mass is 9.85. The van der Waals surface area contributed by atoms with Crippen LogP contribution in [0.1, 0.15) is 39.9 Å². The van der Waals surface area contributed by atoms with Crippen molar-refractivity contribution in [2.24, 2.45) is 0 Å². The van der Waals surface area contributed by atoms with Crippen molar-refractivity contribution in [3.05, 3.63) is 86.9 Å². The van der Waals surface area contributed by atoms with Gasteiger partial charge in [-0.15, -0.1) is 0 Å². The Kier molecular flexibility index (Phi) is 5.51. The Balaban J connectivity index is 1.73. The number of carbonyl (C=O) groups excluding carboxylic acids is 1. The quantitative estimate of drug-likeness (QED) is 0.347. The van der Waals surface area contributed by atoms with Gasteiger partial charge in [-0.1, -0.05) is 19.2 Å². The number of rotatable bonds is 3. The van der Waals surface area contributed by atoms with Gasteiger partial charge >= 0.3 is 0 Å². The third-order valence-corrected chi connectivity index (χ3v) is 11.7. The summed E-state index contributed by atoms with van der Waals surface area (Å²) in [6.07, 6.45) is 7.95. The Morgan fingerprint density at radius 3 is 2.39 bits per heavy atom. The molecule has 5 nitrogen and oxygen atoms in total. The molecule has 0 spiro atoms. The summed E-state index contributed by atoms with van der Waals surface area (Å²) in [4.78, 5) is 14.4. The van der Waals surface area contributed by atoms with Crippen LogP contribution in [0.5, 0.6) is 0 Å². The van der Waals surface area contributed by atoms with Gasteiger partial charge in [-0.25, -0.2) is 17.7 Å². The van der Waals surface area contributed by atoms with Gasteiger partial charge in [0.2, 0.25) is 0 Å². The molecule has 2 saturated heterocycles. The number of aromatic carboxylic acids is 1. The monoisotopic (exact) mass is 531 g/mol. The van der Waals surface area contributed by atoms with Gasteiger partial charge in [-0.05, 0) is 51.7 Å². The predicted octanol–water partition coefficient (Wildman–Crippen LogP) is 3.17. The van der Waals surface area contributed by atoms with Crippen LogP contribution >= 0.6 is 0 Å². The zero-order valence-electron chi connectivity index (χ0n) is 21.0. The Morgan fingerprint density at radius 1 is 1.08 bits per heavy atom. The zero-order valence-corrected chi connectivity index (χ0v) is 22.0. The first-order valence-corrected chi connectivity index (χ1v) is 15.6. The van der Waals surface area contributed by atoms with Crippen molar-refractivity contribution < 1.29 is 27.6 Å². The SMILES string of the molecule is C[Si]1(C)C2=CC(=[N+]3CCC3)C=CC2=C(c2c(F)c(C#N)c(F)c(F)c2C(=O)[O-])c2ccc(N3CCC3)cc21. The van der Waals surface area contributed by atoms with E-state index in [0.29, 0.717) is 11.1 Å². The second-order valence-corrected chi connectivity index (χ2v) is 14.9. The molecule has 0 bridgehead atoms. The first-order valence-electron chi connectivity index (χ1n) is 12.6. The summed E-state index contributed by atoms with van der Waals surface area (Å²) in [5.74, 6) is -7.09. The Bertz CT molecular complexity index is 1620. The molecule has 192 valence electrons. The van der Waals surface area contributed by atoms with Gasteiger partial charge in [0, 0.05) is 42.1 Å². The van der Waals surface area contributed by atoms with Gasteiger partial charge in [-0.2, -0.15) is 5.26 Å². The zero-order chi connectivity index (χ0) is 26.9. The molecule has 0 atom stereocenters. The molecule has 0 amide bonds. The number of anilines is 1. The minimum atomic E-state index is -2.44. The van der Waals surface area contributed by atoms with Crippen LogP contribution in [0.15, 0.2) is 47.2 Å². The van der Waals surface area contributed by atoms with Crippen molar-refractivity contribution in [1.82, 2.24) is 0 Å². The first kappa shape index (κ1) is 24.4. The molecule has 0 N–H and O–H groups in total. The highest BCUT2D eigenvalue weighted by atomic mass is 28.3. The number of nitriles is 1. The fourth-order valence-electron chi connectivity index (χ4n) is 5.82. The summed E-state index contributed by atoms with van der Waals surface area (Å²) in [6, 6.07) is 7.15. The van der Waals surface area contributed by atoms with Crippen LogP contribution in [0.4, 0.5) is 18.9 Å². The second kappa shape index (κ2) is 8.56. The number of carbonyl (C=O) groups is 1. The molecule has 1 aliphatic carbocycles. The maximum atomic E-state index is 15.9. The molecule has 2 aromatic carbocycles. The molecule has 3 aliphatic heterocycles. The number of allylic oxidation sites excluding steroid dienone is 5. The van der Waals surface area contributed by atoms with Crippen LogP contribution in [0.3, 0.4) is 0 Å². The Hall–Kier alpha value is -3.90. The van der Waals surface area contributed by atoms with E-state index in [9.17, 15) is 19.6 Å². The number of hydrogen-bond donors (Lipinski definition) is 0. The van der Waals surface area contributed by atoms with Crippen molar-refractivity contribution in [1.29, 1.82) is 5.26 Å². The van der Waals surface area contributed by atoms with Crippen molar-refractivity contribution >= 4 is 36.2 Å². The van der Waals surface area contributed by atoms with Gasteiger partial charge in [0.05, 0.1) is 12.4 Å². The van der Waals surface area contributed by atoms with Crippen molar-refractivity contribution in [2.45, 2.75) is 25.9 Å². The number of nitrogens with zero attached hydrogens (tertiary/aromatic N) is 3. The van der Waals surface area contributed by atoms with E-state index in [2.05, 4.69) is 34.7 Å². The third kappa shape index (κ3) is 3.36. The van der Waals surface area contributed by atoms with E-state index < -0.39 is 48.2 Å². The summed E-state index contributed by atoms with van der Waals surface area (Å²) in [6.45, 7) is 8.05. The van der Waals surface area contributed by atoms with E-state index in [1.165, 1.54) is 6.07 Å². The maximum Gasteiger partial charge on any atom is 0.199 e. The van der Waals surface area contributed by atoms with Gasteiger partial charge in [0.1, 0.15) is 32.8 Å². The second-order valence-electron chi connectivity index (χ2n) is 10.6. The summed E-state index contributed by atoms with van der Waals surface area (Å²) in [5.41, 5.74) is 0.264. The lowest BCUT2D eigenvalue weighted by Crippen LogP contribution is -2.50. The smallest absolute Gasteiger partial charge is 0.199 e. The minimum absolute atomic E-state index is 0.138. The topological polar surface area (TPSA) is 70.2 Å². The number of fused-ring (bicyclic) bond motifs is 2. The average Bonchev–Trinajstić information content (AvgIpc) is 2.81. The average molecular weight is 532 g/mol. The lowest BCUT2D eigenvalue weighted by molar-refractivity contribution is -0.582. The van der Waals surface area contributed by atoms with Crippen LogP contribution < -0.4 is 15.2 Å². The van der Waals surface area contributed by atoms with Gasteiger partial charge in [0.25, 0.3) is 0 Å². The van der Waals surface area contributed by atoms with E-state index in [-0.39, 0.29) is 5.57 Å². The number of benzene rings is 2. The molecule has 0 aromatic heterocycles. The van der Waals surface area contributed by atoms with E-state index in [1.807, 2.05) is 24.3 Å². The molecule has 0 saturated carbocycles. The van der Waals surface area contributed by atoms with Crippen molar-refractivity contribution in [3.63, 3.8) is 0 Å². The fraction of sp³-hybridized carbons (Fsp3) is 0.276. The van der Waals surface area contributed by atoms with Gasteiger partial charge in [-0.3, -0.25) is 0 Å². The highest BCUT2D eigenvalue weighted by Crippen LogP contribution is 2.44. The number of hydrogen-bond acceptors (Lipinski definition) is 4. The van der Waals surface area contributed by atoms with E-state index in [4.69, 9.17) is 0 Å². The normalized spacial score (nSPS) is 19.3.